The second-order valence-electron chi connectivity index (χ2n) is 5.71. The van der Waals surface area contributed by atoms with Gasteiger partial charge in [-0.05, 0) is 24.2 Å². The fraction of sp³-hybridized carbons (Fsp3) is 0.846. The van der Waals surface area contributed by atoms with Gasteiger partial charge < -0.3 is 4.74 Å². The fourth-order valence-corrected chi connectivity index (χ4v) is 2.83. The van der Waals surface area contributed by atoms with Crippen LogP contribution in [-0.4, -0.2) is 18.9 Å². The molecule has 1 fully saturated rings. The van der Waals surface area contributed by atoms with Crippen LogP contribution in [0.25, 0.3) is 0 Å². The first kappa shape index (κ1) is 13.2. The number of methoxy groups -OCH3 is 1. The molecule has 0 spiro atoms. The fourth-order valence-electron chi connectivity index (χ4n) is 2.83. The number of esters is 1. The van der Waals surface area contributed by atoms with Crippen molar-refractivity contribution in [1.29, 1.82) is 0 Å². The number of rotatable bonds is 3. The van der Waals surface area contributed by atoms with E-state index in [-0.39, 0.29) is 17.3 Å². The minimum Gasteiger partial charge on any atom is -0.469 e. The van der Waals surface area contributed by atoms with Gasteiger partial charge in [0.05, 0.1) is 7.11 Å². The van der Waals surface area contributed by atoms with E-state index in [1.807, 2.05) is 0 Å². The van der Waals surface area contributed by atoms with Gasteiger partial charge >= 0.3 is 5.97 Å². The molecule has 0 aliphatic heterocycles. The zero-order valence-corrected chi connectivity index (χ0v) is 10.7. The highest BCUT2D eigenvalue weighted by molar-refractivity contribution is 5.83. The van der Waals surface area contributed by atoms with Gasteiger partial charge in [0.2, 0.25) is 0 Å². The van der Waals surface area contributed by atoms with E-state index < -0.39 is 0 Å². The smallest absolute Gasteiger partial charge is 0.305 e. The minimum absolute atomic E-state index is 0.0483. The van der Waals surface area contributed by atoms with Gasteiger partial charge in [-0.1, -0.05) is 20.8 Å². The second kappa shape index (κ2) is 4.98. The first-order chi connectivity index (χ1) is 7.35. The minimum atomic E-state index is -0.218. The lowest BCUT2D eigenvalue weighted by atomic mass is 9.66. The van der Waals surface area contributed by atoms with Crippen molar-refractivity contribution in [3.05, 3.63) is 0 Å². The number of Topliss-reactive ketones (excluding diaryl/α,β-unsaturated/α-hetero) is 1. The van der Waals surface area contributed by atoms with Crippen molar-refractivity contribution in [2.24, 2.45) is 17.3 Å². The lowest BCUT2D eigenvalue weighted by Crippen LogP contribution is -2.36. The van der Waals surface area contributed by atoms with Crippen LogP contribution in [0.2, 0.25) is 0 Å². The molecular formula is C13H22O3. The van der Waals surface area contributed by atoms with Crippen LogP contribution < -0.4 is 0 Å². The first-order valence-corrected chi connectivity index (χ1v) is 5.95. The molecule has 1 aliphatic rings. The maximum Gasteiger partial charge on any atom is 0.305 e. The Bertz CT molecular complexity index is 281. The molecule has 3 heteroatoms. The van der Waals surface area contributed by atoms with E-state index in [1.54, 1.807) is 0 Å². The predicted octanol–water partition coefficient (Wildman–Crippen LogP) is 2.58. The molecule has 0 radical (unpaired) electrons. The van der Waals surface area contributed by atoms with Crippen molar-refractivity contribution in [3.63, 3.8) is 0 Å². The molecule has 3 nitrogen and oxygen atoms in total. The molecule has 0 aromatic rings. The summed E-state index contributed by atoms with van der Waals surface area (Å²) in [5.41, 5.74) is 0.123. The zero-order valence-electron chi connectivity index (χ0n) is 10.7. The Labute approximate surface area is 97.5 Å². The maximum atomic E-state index is 12.0. The summed E-state index contributed by atoms with van der Waals surface area (Å²) < 4.78 is 4.60. The Morgan fingerprint density at radius 3 is 2.62 bits per heavy atom. The van der Waals surface area contributed by atoms with Crippen molar-refractivity contribution in [1.82, 2.24) is 0 Å². The van der Waals surface area contributed by atoms with Crippen molar-refractivity contribution in [3.8, 4) is 0 Å². The van der Waals surface area contributed by atoms with Crippen molar-refractivity contribution < 1.29 is 14.3 Å². The number of carbonyl (C=O) groups excluding carboxylic acids is 2. The van der Waals surface area contributed by atoms with Crippen molar-refractivity contribution in [2.75, 3.05) is 7.11 Å². The van der Waals surface area contributed by atoms with Gasteiger partial charge in [0.25, 0.3) is 0 Å². The van der Waals surface area contributed by atoms with E-state index in [9.17, 15) is 9.59 Å². The topological polar surface area (TPSA) is 43.4 Å². The van der Waals surface area contributed by atoms with Crippen LogP contribution in [-0.2, 0) is 14.3 Å². The SMILES string of the molecule is COC(=O)CCC1C(=O)CC(C)(C)CC1C. The van der Waals surface area contributed by atoms with Crippen molar-refractivity contribution >= 4 is 11.8 Å². The molecule has 0 N–H and O–H groups in total. The van der Waals surface area contributed by atoms with Crippen LogP contribution in [0.4, 0.5) is 0 Å². The first-order valence-electron chi connectivity index (χ1n) is 5.95. The normalized spacial score (nSPS) is 28.9. The summed E-state index contributed by atoms with van der Waals surface area (Å²) in [6.07, 6.45) is 2.70. The molecule has 2 unspecified atom stereocenters. The summed E-state index contributed by atoms with van der Waals surface area (Å²) >= 11 is 0. The van der Waals surface area contributed by atoms with Gasteiger partial charge in [-0.3, -0.25) is 9.59 Å². The van der Waals surface area contributed by atoms with E-state index in [0.717, 1.165) is 6.42 Å². The van der Waals surface area contributed by atoms with E-state index in [1.165, 1.54) is 7.11 Å². The van der Waals surface area contributed by atoms with Crippen LogP contribution in [0.5, 0.6) is 0 Å². The van der Waals surface area contributed by atoms with Gasteiger partial charge in [-0.2, -0.15) is 0 Å². The second-order valence-corrected chi connectivity index (χ2v) is 5.71. The molecule has 0 saturated heterocycles. The van der Waals surface area contributed by atoms with Crippen molar-refractivity contribution in [2.45, 2.75) is 46.5 Å². The Balaban J connectivity index is 2.54. The quantitative estimate of drug-likeness (QED) is 0.695. The largest absolute Gasteiger partial charge is 0.469 e. The van der Waals surface area contributed by atoms with Gasteiger partial charge in [0.15, 0.2) is 0 Å². The lowest BCUT2D eigenvalue weighted by molar-refractivity contribution is -0.141. The average molecular weight is 226 g/mol. The Kier molecular flexibility index (Phi) is 4.11. The molecule has 1 rings (SSSR count). The Morgan fingerprint density at radius 2 is 2.12 bits per heavy atom. The Morgan fingerprint density at radius 1 is 1.50 bits per heavy atom. The van der Waals surface area contributed by atoms with Gasteiger partial charge in [-0.15, -0.1) is 0 Å². The standard InChI is InChI=1S/C13H22O3/c1-9-7-13(2,3)8-11(14)10(9)5-6-12(15)16-4/h9-10H,5-8H2,1-4H3. The number of ketones is 1. The highest BCUT2D eigenvalue weighted by Crippen LogP contribution is 2.41. The van der Waals surface area contributed by atoms with Gasteiger partial charge in [0.1, 0.15) is 5.78 Å². The molecule has 1 saturated carbocycles. The molecule has 2 atom stereocenters. The predicted molar refractivity (Wildman–Crippen MR) is 61.9 cm³/mol. The summed E-state index contributed by atoms with van der Waals surface area (Å²) in [6.45, 7) is 6.39. The molecule has 0 bridgehead atoms. The average Bonchev–Trinajstić information content (AvgIpc) is 2.14. The summed E-state index contributed by atoms with van der Waals surface area (Å²) in [5.74, 6) is 0.519. The maximum absolute atomic E-state index is 12.0. The van der Waals surface area contributed by atoms with E-state index >= 15 is 0 Å². The third-order valence-corrected chi connectivity index (χ3v) is 3.51. The van der Waals surface area contributed by atoms with Crippen LogP contribution >= 0.6 is 0 Å². The van der Waals surface area contributed by atoms with E-state index in [0.29, 0.717) is 31.0 Å². The molecule has 0 amide bonds. The van der Waals surface area contributed by atoms with Crippen LogP contribution in [0.3, 0.4) is 0 Å². The molecule has 16 heavy (non-hydrogen) atoms. The monoisotopic (exact) mass is 226 g/mol. The zero-order chi connectivity index (χ0) is 12.3. The molecule has 92 valence electrons. The molecule has 0 aromatic heterocycles. The molecule has 0 aromatic carbocycles. The van der Waals surface area contributed by atoms with E-state index in [4.69, 9.17) is 0 Å². The lowest BCUT2D eigenvalue weighted by Gasteiger charge is -2.38. The van der Waals surface area contributed by atoms with E-state index in [2.05, 4.69) is 25.5 Å². The van der Waals surface area contributed by atoms with Crippen LogP contribution in [0.1, 0.15) is 46.5 Å². The summed E-state index contributed by atoms with van der Waals surface area (Å²) in [7, 11) is 1.39. The highest BCUT2D eigenvalue weighted by Gasteiger charge is 2.38. The molecular weight excluding hydrogens is 204 g/mol. The third-order valence-electron chi connectivity index (χ3n) is 3.51. The number of hydrogen-bond donors (Lipinski definition) is 0. The summed E-state index contributed by atoms with van der Waals surface area (Å²) in [6, 6.07) is 0. The van der Waals surface area contributed by atoms with Gasteiger partial charge in [-0.25, -0.2) is 0 Å². The molecule has 0 heterocycles. The summed E-state index contributed by atoms with van der Waals surface area (Å²) in [5, 5.41) is 0. The van der Waals surface area contributed by atoms with Crippen LogP contribution in [0.15, 0.2) is 0 Å². The summed E-state index contributed by atoms with van der Waals surface area (Å²) in [4.78, 5) is 23.0. The van der Waals surface area contributed by atoms with Gasteiger partial charge in [0, 0.05) is 18.8 Å². The molecule has 1 aliphatic carbocycles. The number of ether oxygens (including phenoxy) is 1. The highest BCUT2D eigenvalue weighted by atomic mass is 16.5. The number of hydrogen-bond acceptors (Lipinski definition) is 3. The Hall–Kier alpha value is -0.860. The van der Waals surface area contributed by atoms with Crippen LogP contribution in [0, 0.1) is 17.3 Å². The third kappa shape index (κ3) is 3.32. The number of carbonyl (C=O) groups is 2.